The molecule has 3 aromatic rings. The highest BCUT2D eigenvalue weighted by molar-refractivity contribution is 6.56. The fourth-order valence-corrected chi connectivity index (χ4v) is 3.30. The minimum atomic E-state index is -0.592. The van der Waals surface area contributed by atoms with Gasteiger partial charge >= 0.3 is 6.03 Å². The maximum absolute atomic E-state index is 12.8. The number of hydrogen-bond acceptors (Lipinski definition) is 6. The second-order valence-corrected chi connectivity index (χ2v) is 6.44. The number of nitrogens with one attached hydrogen (secondary N) is 1. The minimum Gasteiger partial charge on any atom is -0.785 e. The van der Waals surface area contributed by atoms with Crippen molar-refractivity contribution in [1.29, 1.82) is 0 Å². The van der Waals surface area contributed by atoms with Crippen molar-refractivity contribution in [1.82, 2.24) is 14.9 Å². The Kier molecular flexibility index (Phi) is 4.42. The first-order valence-electron chi connectivity index (χ1n) is 8.70. The summed E-state index contributed by atoms with van der Waals surface area (Å²) < 4.78 is 1.09. The van der Waals surface area contributed by atoms with Gasteiger partial charge in [-0.15, -0.1) is 0 Å². The first kappa shape index (κ1) is 17.9. The Bertz CT molecular complexity index is 1130. The first-order chi connectivity index (χ1) is 13.5. The average molecular weight is 377 g/mol. The standard InChI is InChI=1S/C20H17N4O4/c1-23(28)11-10-21-20(27)24-15-9-5-3-7-13(15)16(19(24)26)17-18(25)12-6-2-4-8-14(12)22-17/h2-9,26H,10-11H2,1H3,(H,21,27)/q-1. The molecule has 0 atom stereocenters. The number of nitrogens with zero attached hydrogens (tertiary/aromatic N) is 3. The molecule has 0 aliphatic carbocycles. The second kappa shape index (κ2) is 6.91. The molecule has 1 aliphatic heterocycles. The number of amides is 1. The number of benzene rings is 2. The first-order valence-corrected chi connectivity index (χ1v) is 8.70. The van der Waals surface area contributed by atoms with E-state index in [0.717, 1.165) is 4.57 Å². The number of aliphatic imine (C=N–C) groups is 1. The predicted molar refractivity (Wildman–Crippen MR) is 105 cm³/mol. The highest BCUT2D eigenvalue weighted by atomic mass is 16.5. The molecule has 4 rings (SSSR count). The Hall–Kier alpha value is -3.49. The smallest absolute Gasteiger partial charge is 0.328 e. The van der Waals surface area contributed by atoms with Gasteiger partial charge in [-0.2, -0.15) is 0 Å². The Morgan fingerprint density at radius 2 is 1.93 bits per heavy atom. The van der Waals surface area contributed by atoms with E-state index in [1.807, 2.05) is 0 Å². The summed E-state index contributed by atoms with van der Waals surface area (Å²) in [5.41, 5.74) is 1.74. The quantitative estimate of drug-likeness (QED) is 0.679. The van der Waals surface area contributed by atoms with Crippen molar-refractivity contribution in [2.24, 2.45) is 4.99 Å². The number of hydrogen-bond donors (Lipinski definition) is 2. The zero-order valence-corrected chi connectivity index (χ0v) is 15.0. The number of para-hydroxylation sites is 2. The Balaban J connectivity index is 1.80. The lowest BCUT2D eigenvalue weighted by Crippen LogP contribution is -2.33. The van der Waals surface area contributed by atoms with Crippen LogP contribution in [0, 0.1) is 5.21 Å². The summed E-state index contributed by atoms with van der Waals surface area (Å²) in [5, 5.41) is 25.7. The van der Waals surface area contributed by atoms with Gasteiger partial charge in [-0.1, -0.05) is 30.3 Å². The molecule has 8 heteroatoms. The summed E-state index contributed by atoms with van der Waals surface area (Å²) in [7, 11) is 1.36. The van der Waals surface area contributed by atoms with Gasteiger partial charge in [0, 0.05) is 24.0 Å². The van der Waals surface area contributed by atoms with Crippen molar-refractivity contribution in [3.05, 3.63) is 64.9 Å². The maximum Gasteiger partial charge on any atom is 0.328 e. The monoisotopic (exact) mass is 377 g/mol. The van der Waals surface area contributed by atoms with Gasteiger partial charge in [0.1, 0.15) is 5.71 Å². The van der Waals surface area contributed by atoms with E-state index in [0.29, 0.717) is 27.2 Å². The van der Waals surface area contributed by atoms with Crippen LogP contribution in [0.3, 0.4) is 0 Å². The molecule has 1 aliphatic rings. The number of likely N-dealkylation sites (N-methyl/N-ethyl adjacent to an activating group) is 1. The molecule has 8 nitrogen and oxygen atoms in total. The molecule has 28 heavy (non-hydrogen) atoms. The van der Waals surface area contributed by atoms with E-state index in [1.54, 1.807) is 48.5 Å². The predicted octanol–water partition coefficient (Wildman–Crippen LogP) is 2.65. The van der Waals surface area contributed by atoms with Crippen molar-refractivity contribution in [2.75, 3.05) is 20.1 Å². The van der Waals surface area contributed by atoms with Crippen molar-refractivity contribution in [3.63, 3.8) is 0 Å². The normalized spacial score (nSPS) is 13.1. The molecule has 0 spiro atoms. The van der Waals surface area contributed by atoms with Gasteiger partial charge in [0.2, 0.25) is 11.7 Å². The van der Waals surface area contributed by atoms with Crippen molar-refractivity contribution < 1.29 is 14.7 Å². The van der Waals surface area contributed by atoms with Crippen molar-refractivity contribution >= 4 is 34.1 Å². The fraction of sp³-hybridized carbons (Fsp3) is 0.150. The number of fused-ring (bicyclic) bond motifs is 2. The third kappa shape index (κ3) is 2.84. The molecule has 0 fully saturated rings. The van der Waals surface area contributed by atoms with Gasteiger partial charge in [-0.25, -0.2) is 14.4 Å². The van der Waals surface area contributed by atoms with Crippen LogP contribution in [-0.4, -0.2) is 52.4 Å². The maximum atomic E-state index is 12.8. The third-order valence-electron chi connectivity index (χ3n) is 4.59. The third-order valence-corrected chi connectivity index (χ3v) is 4.59. The van der Waals surface area contributed by atoms with Crippen molar-refractivity contribution in [2.45, 2.75) is 0 Å². The van der Waals surface area contributed by atoms with Crippen LogP contribution in [0.15, 0.2) is 53.5 Å². The molecule has 142 valence electrons. The van der Waals surface area contributed by atoms with E-state index in [9.17, 15) is 19.9 Å². The highest BCUT2D eigenvalue weighted by Crippen LogP contribution is 2.37. The Morgan fingerprint density at radius 1 is 1.21 bits per heavy atom. The summed E-state index contributed by atoms with van der Waals surface area (Å²) in [4.78, 5) is 29.8. The zero-order valence-electron chi connectivity index (χ0n) is 15.0. The molecule has 1 aromatic heterocycles. The summed E-state index contributed by atoms with van der Waals surface area (Å²) in [6.07, 6.45) is 0. The molecule has 2 aromatic carbocycles. The molecule has 0 bridgehead atoms. The summed E-state index contributed by atoms with van der Waals surface area (Å²) >= 11 is 0. The van der Waals surface area contributed by atoms with Gasteiger partial charge in [0.25, 0.3) is 0 Å². The van der Waals surface area contributed by atoms with Crippen LogP contribution in [0.1, 0.15) is 15.9 Å². The highest BCUT2D eigenvalue weighted by Gasteiger charge is 2.32. The number of hydroxylamine groups is 2. The molecule has 1 amide bonds. The molecule has 0 unspecified atom stereocenters. The lowest BCUT2D eigenvalue weighted by atomic mass is 10.0. The fourth-order valence-electron chi connectivity index (χ4n) is 3.30. The van der Waals surface area contributed by atoms with Crippen LogP contribution >= 0.6 is 0 Å². The second-order valence-electron chi connectivity index (χ2n) is 6.44. The zero-order chi connectivity index (χ0) is 19.8. The lowest BCUT2D eigenvalue weighted by molar-refractivity contribution is 0.107. The van der Waals surface area contributed by atoms with E-state index in [2.05, 4.69) is 10.3 Å². The van der Waals surface area contributed by atoms with Crippen LogP contribution in [0.25, 0.3) is 10.9 Å². The molecule has 2 heterocycles. The molecule has 0 saturated carbocycles. The molecule has 2 N–H and O–H groups in total. The SMILES string of the molecule is CN([O-])CCNC(=O)n1c(O)c(C2=Nc3ccccc3C2=O)c2ccccc21. The lowest BCUT2D eigenvalue weighted by Gasteiger charge is -2.21. The van der Waals surface area contributed by atoms with Crippen LogP contribution < -0.4 is 5.32 Å². The Labute approximate surface area is 160 Å². The summed E-state index contributed by atoms with van der Waals surface area (Å²) in [6.45, 7) is 0.227. The van der Waals surface area contributed by atoms with Gasteiger partial charge in [-0.05, 0) is 25.2 Å². The van der Waals surface area contributed by atoms with E-state index in [4.69, 9.17) is 0 Å². The van der Waals surface area contributed by atoms with E-state index in [1.165, 1.54) is 7.05 Å². The van der Waals surface area contributed by atoms with Crippen LogP contribution in [0.2, 0.25) is 0 Å². The van der Waals surface area contributed by atoms with Gasteiger partial charge < -0.3 is 20.7 Å². The number of ketones is 1. The number of carbonyl (C=O) groups excluding carboxylic acids is 2. The number of carbonyl (C=O) groups is 2. The van der Waals surface area contributed by atoms with Gasteiger partial charge in [0.05, 0.1) is 16.8 Å². The number of aromatic nitrogens is 1. The summed E-state index contributed by atoms with van der Waals surface area (Å²) in [5.74, 6) is -0.670. The van der Waals surface area contributed by atoms with Gasteiger partial charge in [-0.3, -0.25) is 4.79 Å². The van der Waals surface area contributed by atoms with Gasteiger partial charge in [0.15, 0.2) is 0 Å². The number of rotatable bonds is 4. The van der Waals surface area contributed by atoms with E-state index < -0.39 is 6.03 Å². The van der Waals surface area contributed by atoms with Crippen LogP contribution in [0.5, 0.6) is 5.88 Å². The number of aromatic hydroxyl groups is 1. The average Bonchev–Trinajstić information content (AvgIpc) is 3.15. The van der Waals surface area contributed by atoms with E-state index >= 15 is 0 Å². The molecular weight excluding hydrogens is 360 g/mol. The summed E-state index contributed by atoms with van der Waals surface area (Å²) in [6, 6.07) is 13.2. The Morgan fingerprint density at radius 3 is 2.68 bits per heavy atom. The molecular formula is C20H17N4O4-. The van der Waals surface area contributed by atoms with E-state index in [-0.39, 0.29) is 36.0 Å². The topological polar surface area (TPSA) is 110 Å². The van der Waals surface area contributed by atoms with Crippen LogP contribution in [-0.2, 0) is 0 Å². The van der Waals surface area contributed by atoms with Crippen LogP contribution in [0.4, 0.5) is 10.5 Å². The largest absolute Gasteiger partial charge is 0.785 e. The molecule has 0 saturated heterocycles. The number of Topliss-reactive ketones (excluding diaryl/α,β-unsaturated/α-hetero) is 1. The minimum absolute atomic E-state index is 0.0979. The van der Waals surface area contributed by atoms with Crippen molar-refractivity contribution in [3.8, 4) is 5.88 Å². The molecule has 0 radical (unpaired) electrons.